The molecule has 73 heavy (non-hydrogen) atoms. The highest BCUT2D eigenvalue weighted by atomic mass is 15.1. The van der Waals surface area contributed by atoms with Gasteiger partial charge in [-0.3, -0.25) is 0 Å². The summed E-state index contributed by atoms with van der Waals surface area (Å²) in [6.45, 7) is 18.4. The molecule has 1 nitrogen and oxygen atoms in total. The molecule has 354 valence electrons. The molecule has 1 spiro atoms. The van der Waals surface area contributed by atoms with Crippen LogP contribution in [0, 0.1) is 0 Å². The van der Waals surface area contributed by atoms with Crippen molar-refractivity contribution in [3.63, 3.8) is 0 Å². The maximum absolute atomic E-state index is 2.54. The summed E-state index contributed by atoms with van der Waals surface area (Å²) in [5.74, 6) is 0. The molecular weight excluding hydrogens is 879 g/mol. The monoisotopic (exact) mass is 939 g/mol. The quantitative estimate of drug-likeness (QED) is 0.161. The lowest BCUT2D eigenvalue weighted by atomic mass is 9.70. The Balaban J connectivity index is 1.00. The first-order valence-electron chi connectivity index (χ1n) is 26.2. The molecule has 0 fully saturated rings. The number of benzene rings is 10. The second kappa shape index (κ2) is 16.3. The van der Waals surface area contributed by atoms with Crippen molar-refractivity contribution in [2.45, 2.75) is 77.0 Å². The molecule has 10 aromatic carbocycles. The second-order valence-corrected chi connectivity index (χ2v) is 23.3. The summed E-state index contributed by atoms with van der Waals surface area (Å²) in [5.41, 5.74) is 28.9. The Morgan fingerprint density at radius 1 is 0.288 bits per heavy atom. The molecule has 0 heterocycles. The molecule has 3 aliphatic rings. The lowest BCUT2D eigenvalue weighted by molar-refractivity contribution is 0.590. The predicted octanol–water partition coefficient (Wildman–Crippen LogP) is 19.4. The molecule has 0 aromatic heterocycles. The number of anilines is 3. The minimum absolute atomic E-state index is 0.0973. The average molecular weight is 940 g/mol. The standard InChI is InChI=1S/C72H61N/c1-69(2,3)51-34-28-47(29-35-51)46-24-26-50(27-25-46)56-19-15-23-65-68(56)61-43-41-55(45-67(61)72(65)63-21-13-10-17-58(63)59-18-11-14-22-64(59)72)73(53-38-32-49(33-39-53)48-30-36-52(37-31-48)70(4,5)6)54-40-42-60-57-16-9-12-20-62(57)71(7,8)66(60)44-54/h9-45H,1-8H3. The van der Waals surface area contributed by atoms with Crippen LogP contribution in [0.25, 0.3) is 66.8 Å². The van der Waals surface area contributed by atoms with E-state index >= 15 is 0 Å². The summed E-state index contributed by atoms with van der Waals surface area (Å²) in [6, 6.07) is 85.5. The van der Waals surface area contributed by atoms with Crippen molar-refractivity contribution in [3.8, 4) is 66.8 Å². The van der Waals surface area contributed by atoms with Crippen molar-refractivity contribution in [2.24, 2.45) is 0 Å². The SMILES string of the molecule is CC(C)(C)c1ccc(-c2ccc(-c3cccc4c3-c3ccc(N(c5ccc(-c6ccc(C(C)(C)C)cc6)cc5)c5ccc6c(c5)C(C)(C)c5ccccc5-6)cc3C43c4ccccc4-c4ccccc43)cc2)cc1. The van der Waals surface area contributed by atoms with Crippen LogP contribution in [-0.4, -0.2) is 0 Å². The summed E-state index contributed by atoms with van der Waals surface area (Å²) >= 11 is 0. The van der Waals surface area contributed by atoms with Crippen LogP contribution in [0.15, 0.2) is 224 Å². The van der Waals surface area contributed by atoms with Gasteiger partial charge in [0.25, 0.3) is 0 Å². The number of rotatable bonds is 6. The molecular formula is C72H61N. The molecule has 13 rings (SSSR count). The minimum atomic E-state index is -0.533. The Hall–Kier alpha value is -8.00. The summed E-state index contributed by atoms with van der Waals surface area (Å²) in [5, 5.41) is 0. The van der Waals surface area contributed by atoms with Gasteiger partial charge in [0, 0.05) is 22.5 Å². The zero-order valence-electron chi connectivity index (χ0n) is 43.3. The van der Waals surface area contributed by atoms with Gasteiger partial charge in [-0.2, -0.15) is 0 Å². The number of nitrogens with zero attached hydrogens (tertiary/aromatic N) is 1. The smallest absolute Gasteiger partial charge is 0.0726 e. The first kappa shape index (κ1) is 44.9. The van der Waals surface area contributed by atoms with Crippen molar-refractivity contribution in [1.82, 2.24) is 0 Å². The summed E-state index contributed by atoms with van der Waals surface area (Å²) in [7, 11) is 0. The van der Waals surface area contributed by atoms with E-state index in [2.05, 4.69) is 285 Å². The van der Waals surface area contributed by atoms with Crippen LogP contribution in [0.2, 0.25) is 0 Å². The Morgan fingerprint density at radius 3 is 1.18 bits per heavy atom. The van der Waals surface area contributed by atoms with E-state index in [1.807, 2.05) is 0 Å². The van der Waals surface area contributed by atoms with Crippen molar-refractivity contribution in [2.75, 3.05) is 4.90 Å². The molecule has 0 N–H and O–H groups in total. The maximum Gasteiger partial charge on any atom is 0.0726 e. The van der Waals surface area contributed by atoms with Crippen LogP contribution >= 0.6 is 0 Å². The van der Waals surface area contributed by atoms with E-state index in [4.69, 9.17) is 0 Å². The molecule has 0 aliphatic heterocycles. The van der Waals surface area contributed by atoms with Gasteiger partial charge >= 0.3 is 0 Å². The Morgan fingerprint density at radius 2 is 0.658 bits per heavy atom. The van der Waals surface area contributed by atoms with E-state index in [1.54, 1.807) is 0 Å². The zero-order chi connectivity index (χ0) is 50.0. The largest absolute Gasteiger partial charge is 0.310 e. The van der Waals surface area contributed by atoms with E-state index in [0.717, 1.165) is 17.1 Å². The number of fused-ring (bicyclic) bond motifs is 13. The molecule has 0 radical (unpaired) electrons. The van der Waals surface area contributed by atoms with Gasteiger partial charge in [-0.25, -0.2) is 0 Å². The fourth-order valence-corrected chi connectivity index (χ4v) is 12.8. The lowest BCUT2D eigenvalue weighted by Gasteiger charge is -2.32. The van der Waals surface area contributed by atoms with Gasteiger partial charge in [0.05, 0.1) is 5.41 Å². The third kappa shape index (κ3) is 6.89. The van der Waals surface area contributed by atoms with Gasteiger partial charge in [-0.1, -0.05) is 243 Å². The summed E-state index contributed by atoms with van der Waals surface area (Å²) in [4.78, 5) is 2.50. The van der Waals surface area contributed by atoms with Gasteiger partial charge in [0.15, 0.2) is 0 Å². The Kier molecular flexibility index (Phi) is 10.0. The van der Waals surface area contributed by atoms with E-state index in [1.165, 1.54) is 111 Å². The van der Waals surface area contributed by atoms with Crippen LogP contribution in [0.4, 0.5) is 17.1 Å². The van der Waals surface area contributed by atoms with E-state index < -0.39 is 5.41 Å². The van der Waals surface area contributed by atoms with Crippen molar-refractivity contribution in [3.05, 3.63) is 269 Å². The van der Waals surface area contributed by atoms with Crippen LogP contribution in [0.3, 0.4) is 0 Å². The van der Waals surface area contributed by atoms with E-state index in [0.29, 0.717) is 0 Å². The van der Waals surface area contributed by atoms with E-state index in [-0.39, 0.29) is 16.2 Å². The number of hydrogen-bond donors (Lipinski definition) is 0. The van der Waals surface area contributed by atoms with Crippen LogP contribution < -0.4 is 4.90 Å². The maximum atomic E-state index is 2.54. The zero-order valence-corrected chi connectivity index (χ0v) is 43.3. The van der Waals surface area contributed by atoms with E-state index in [9.17, 15) is 0 Å². The van der Waals surface area contributed by atoms with Gasteiger partial charge < -0.3 is 4.90 Å². The highest BCUT2D eigenvalue weighted by Crippen LogP contribution is 2.65. The topological polar surface area (TPSA) is 3.24 Å². The summed E-state index contributed by atoms with van der Waals surface area (Å²) in [6.07, 6.45) is 0. The van der Waals surface area contributed by atoms with Crippen LogP contribution in [0.1, 0.15) is 99.9 Å². The molecule has 1 heteroatoms. The lowest BCUT2D eigenvalue weighted by Crippen LogP contribution is -2.26. The first-order chi connectivity index (χ1) is 35.2. The molecule has 0 atom stereocenters. The summed E-state index contributed by atoms with van der Waals surface area (Å²) < 4.78 is 0. The Labute approximate surface area is 432 Å². The van der Waals surface area contributed by atoms with Crippen molar-refractivity contribution >= 4 is 17.1 Å². The van der Waals surface area contributed by atoms with Gasteiger partial charge in [-0.15, -0.1) is 0 Å². The molecule has 0 amide bonds. The molecule has 0 unspecified atom stereocenters. The third-order valence-corrected chi connectivity index (χ3v) is 16.7. The average Bonchev–Trinajstić information content (AvgIpc) is 3.99. The van der Waals surface area contributed by atoms with Gasteiger partial charge in [0.1, 0.15) is 0 Å². The van der Waals surface area contributed by atoms with Gasteiger partial charge in [-0.05, 0) is 158 Å². The highest BCUT2D eigenvalue weighted by Gasteiger charge is 2.52. The second-order valence-electron chi connectivity index (χ2n) is 23.3. The highest BCUT2D eigenvalue weighted by molar-refractivity contribution is 6.01. The third-order valence-electron chi connectivity index (χ3n) is 16.7. The molecule has 0 saturated heterocycles. The van der Waals surface area contributed by atoms with Crippen LogP contribution in [0.5, 0.6) is 0 Å². The Bertz CT molecular complexity index is 3750. The fraction of sp³-hybridized carbons (Fsp3) is 0.167. The van der Waals surface area contributed by atoms with Crippen molar-refractivity contribution < 1.29 is 0 Å². The number of hydrogen-bond acceptors (Lipinski definition) is 1. The van der Waals surface area contributed by atoms with Gasteiger partial charge in [0.2, 0.25) is 0 Å². The normalized spacial score (nSPS) is 14.2. The van der Waals surface area contributed by atoms with Crippen LogP contribution in [-0.2, 0) is 21.7 Å². The minimum Gasteiger partial charge on any atom is -0.310 e. The predicted molar refractivity (Wildman–Crippen MR) is 309 cm³/mol. The fourth-order valence-electron chi connectivity index (χ4n) is 12.8. The molecule has 3 aliphatic carbocycles. The first-order valence-corrected chi connectivity index (χ1v) is 26.2. The molecule has 10 aromatic rings. The van der Waals surface area contributed by atoms with Crippen molar-refractivity contribution in [1.29, 1.82) is 0 Å². The molecule has 0 bridgehead atoms. The molecule has 0 saturated carbocycles.